The highest BCUT2D eigenvalue weighted by atomic mass is 31.2. The molecule has 0 heterocycles. The van der Waals surface area contributed by atoms with E-state index in [1.165, 1.54) is 0 Å². The van der Waals surface area contributed by atoms with Crippen molar-refractivity contribution in [3.05, 3.63) is 12.2 Å². The van der Waals surface area contributed by atoms with Crippen molar-refractivity contribution in [2.45, 2.75) is 108 Å². The molecule has 1 aliphatic carbocycles. The first kappa shape index (κ1) is 41.9. The highest BCUT2D eigenvalue weighted by molar-refractivity contribution is 7.47. The Bertz CT molecular complexity index is 1090. The van der Waals surface area contributed by atoms with E-state index in [1.54, 1.807) is 13.0 Å². The zero-order valence-electron chi connectivity index (χ0n) is 24.7. The SMILES string of the molecule is C/C=C\CCCC(=O)O[C@H](COC(=O)CCCCCC)COP(=O)(O)O[C@@H]1[C@H](O)[C@H](O)[C@@H](OP(=O)(O)O)[C@H](OP(=O)(O)O)[C@H]1O. The van der Waals surface area contributed by atoms with Crippen molar-refractivity contribution in [1.29, 1.82) is 0 Å². The number of ether oxygens (including phenoxy) is 2. The third-order valence-electron chi connectivity index (χ3n) is 6.17. The molecule has 0 saturated heterocycles. The second kappa shape index (κ2) is 19.6. The van der Waals surface area contributed by atoms with Gasteiger partial charge < -0.3 is 49.3 Å². The number of phosphoric acid groups is 3. The molecule has 264 valence electrons. The maximum Gasteiger partial charge on any atom is 0.472 e. The molecule has 0 radical (unpaired) electrons. The van der Waals surface area contributed by atoms with Crippen molar-refractivity contribution in [2.24, 2.45) is 0 Å². The van der Waals surface area contributed by atoms with Gasteiger partial charge in [-0.2, -0.15) is 0 Å². The summed E-state index contributed by atoms with van der Waals surface area (Å²) >= 11 is 0. The Morgan fingerprint density at radius 1 is 0.733 bits per heavy atom. The molecule has 22 heteroatoms. The Kier molecular flexibility index (Phi) is 18.3. The lowest BCUT2D eigenvalue weighted by Gasteiger charge is -2.44. The summed E-state index contributed by atoms with van der Waals surface area (Å²) in [5.74, 6) is -1.38. The maximum absolute atomic E-state index is 12.8. The topological polar surface area (TPSA) is 303 Å². The Hall–Kier alpha value is -1.11. The van der Waals surface area contributed by atoms with E-state index in [9.17, 15) is 43.5 Å². The van der Waals surface area contributed by atoms with Gasteiger partial charge in [0.15, 0.2) is 6.10 Å². The summed E-state index contributed by atoms with van der Waals surface area (Å²) in [6, 6.07) is 0. The predicted molar refractivity (Wildman–Crippen MR) is 151 cm³/mol. The minimum Gasteiger partial charge on any atom is -0.462 e. The number of hydrogen-bond donors (Lipinski definition) is 8. The molecule has 19 nitrogen and oxygen atoms in total. The number of aliphatic hydroxyl groups is 3. The van der Waals surface area contributed by atoms with Gasteiger partial charge in [-0.3, -0.25) is 27.7 Å². The number of rotatable bonds is 21. The van der Waals surface area contributed by atoms with Crippen molar-refractivity contribution >= 4 is 35.4 Å². The van der Waals surface area contributed by atoms with Crippen LogP contribution in [0.5, 0.6) is 0 Å². The summed E-state index contributed by atoms with van der Waals surface area (Å²) in [7, 11) is -16.5. The lowest BCUT2D eigenvalue weighted by Crippen LogP contribution is -2.65. The van der Waals surface area contributed by atoms with Crippen molar-refractivity contribution in [1.82, 2.24) is 0 Å². The van der Waals surface area contributed by atoms with E-state index < -0.39 is 91.3 Å². The van der Waals surface area contributed by atoms with Gasteiger partial charge in [0, 0.05) is 12.8 Å². The molecular formula is C23H43O19P3. The average Bonchev–Trinajstić information content (AvgIpc) is 2.92. The van der Waals surface area contributed by atoms with Crippen molar-refractivity contribution in [2.75, 3.05) is 13.2 Å². The van der Waals surface area contributed by atoms with Gasteiger partial charge >= 0.3 is 35.4 Å². The van der Waals surface area contributed by atoms with E-state index in [0.29, 0.717) is 19.3 Å². The zero-order chi connectivity index (χ0) is 34.4. The standard InChI is InChI=1S/C23H43O19P3/c1-3-5-7-9-11-16(24)37-13-15(39-17(25)12-10-8-6-4-2)14-38-45(35,36)42-21-18(26)19(27)22(40-43(29,30)31)23(20(21)28)41-44(32,33)34/h4,6,15,18-23,26-28H,3,5,7-14H2,1-2H3,(H,35,36)(H2,29,30,31)(H2,32,33,34)/b6-4-/t15-,18-,19+,20+,21-,22-,23-/m1/s1. The molecule has 0 aromatic carbocycles. The Labute approximate surface area is 259 Å². The van der Waals surface area contributed by atoms with Crippen molar-refractivity contribution in [3.8, 4) is 0 Å². The molecule has 1 unspecified atom stereocenters. The number of phosphoric ester groups is 3. The fraction of sp³-hybridized carbons (Fsp3) is 0.826. The van der Waals surface area contributed by atoms with Crippen LogP contribution in [0.25, 0.3) is 0 Å². The number of hydrogen-bond acceptors (Lipinski definition) is 14. The number of esters is 2. The molecule has 1 aliphatic rings. The van der Waals surface area contributed by atoms with E-state index in [2.05, 4.69) is 9.05 Å². The minimum absolute atomic E-state index is 0.0593. The van der Waals surface area contributed by atoms with Crippen LogP contribution in [0.4, 0.5) is 0 Å². The zero-order valence-corrected chi connectivity index (χ0v) is 27.4. The second-order valence-electron chi connectivity index (χ2n) is 9.99. The summed E-state index contributed by atoms with van der Waals surface area (Å²) in [4.78, 5) is 71.2. The molecule has 0 spiro atoms. The summed E-state index contributed by atoms with van der Waals surface area (Å²) in [6.45, 7) is 2.28. The molecule has 1 saturated carbocycles. The van der Waals surface area contributed by atoms with Gasteiger partial charge in [0.2, 0.25) is 0 Å². The van der Waals surface area contributed by atoms with E-state index >= 15 is 0 Å². The first-order valence-corrected chi connectivity index (χ1v) is 18.5. The quantitative estimate of drug-likeness (QED) is 0.0351. The second-order valence-corrected chi connectivity index (χ2v) is 13.8. The summed E-state index contributed by atoms with van der Waals surface area (Å²) in [5.41, 5.74) is 0. The van der Waals surface area contributed by atoms with Crippen LogP contribution >= 0.6 is 23.5 Å². The Morgan fingerprint density at radius 2 is 1.29 bits per heavy atom. The number of unbranched alkanes of at least 4 members (excludes halogenated alkanes) is 4. The molecule has 0 amide bonds. The summed E-state index contributed by atoms with van der Waals surface area (Å²) < 4.78 is 63.8. The molecule has 1 fully saturated rings. The molecule has 0 aromatic rings. The van der Waals surface area contributed by atoms with Crippen LogP contribution in [0.1, 0.15) is 65.2 Å². The average molecular weight is 717 g/mol. The van der Waals surface area contributed by atoms with E-state index in [0.717, 1.165) is 19.3 Å². The molecule has 8 N–H and O–H groups in total. The molecule has 0 aliphatic heterocycles. The normalized spacial score (nSPS) is 26.4. The van der Waals surface area contributed by atoms with Gasteiger partial charge in [0.25, 0.3) is 0 Å². The molecule has 45 heavy (non-hydrogen) atoms. The van der Waals surface area contributed by atoms with Crippen molar-refractivity contribution in [3.63, 3.8) is 0 Å². The van der Waals surface area contributed by atoms with Crippen LogP contribution in [0.2, 0.25) is 0 Å². The van der Waals surface area contributed by atoms with E-state index in [4.69, 9.17) is 38.1 Å². The molecular weight excluding hydrogens is 673 g/mol. The number of allylic oxidation sites excluding steroid dienone is 2. The highest BCUT2D eigenvalue weighted by Gasteiger charge is 2.56. The van der Waals surface area contributed by atoms with Crippen LogP contribution in [-0.2, 0) is 50.9 Å². The van der Waals surface area contributed by atoms with Crippen LogP contribution in [0, 0.1) is 0 Å². The number of aliphatic hydroxyl groups excluding tert-OH is 3. The first-order chi connectivity index (χ1) is 20.8. The molecule has 8 atom stereocenters. The van der Waals surface area contributed by atoms with Gasteiger partial charge in [-0.15, -0.1) is 0 Å². The lowest BCUT2D eigenvalue weighted by atomic mass is 9.85. The number of carbonyl (C=O) groups excluding carboxylic acids is 2. The fourth-order valence-corrected chi connectivity index (χ4v) is 6.16. The predicted octanol–water partition coefficient (Wildman–Crippen LogP) is 0.712. The summed E-state index contributed by atoms with van der Waals surface area (Å²) in [5, 5.41) is 31.3. The van der Waals surface area contributed by atoms with Crippen LogP contribution < -0.4 is 0 Å². The maximum atomic E-state index is 12.8. The Morgan fingerprint density at radius 3 is 1.84 bits per heavy atom. The highest BCUT2D eigenvalue weighted by Crippen LogP contribution is 2.51. The van der Waals surface area contributed by atoms with Gasteiger partial charge in [-0.1, -0.05) is 38.3 Å². The minimum atomic E-state index is -5.57. The molecule has 1 rings (SSSR count). The summed E-state index contributed by atoms with van der Waals surface area (Å²) in [6.07, 6.45) is -8.61. The van der Waals surface area contributed by atoms with Crippen LogP contribution in [-0.4, -0.2) is 108 Å². The smallest absolute Gasteiger partial charge is 0.462 e. The van der Waals surface area contributed by atoms with Crippen LogP contribution in [0.3, 0.4) is 0 Å². The largest absolute Gasteiger partial charge is 0.472 e. The monoisotopic (exact) mass is 716 g/mol. The third-order valence-corrected chi connectivity index (χ3v) is 8.19. The van der Waals surface area contributed by atoms with Gasteiger partial charge in [-0.25, -0.2) is 13.7 Å². The van der Waals surface area contributed by atoms with E-state index in [-0.39, 0.29) is 12.8 Å². The van der Waals surface area contributed by atoms with Crippen molar-refractivity contribution < 1.29 is 90.6 Å². The van der Waals surface area contributed by atoms with Gasteiger partial charge in [0.05, 0.1) is 6.61 Å². The van der Waals surface area contributed by atoms with E-state index in [1.807, 2.05) is 13.0 Å². The first-order valence-electron chi connectivity index (χ1n) is 13.9. The number of carbonyl (C=O) groups is 2. The van der Waals surface area contributed by atoms with Gasteiger partial charge in [-0.05, 0) is 26.2 Å². The van der Waals surface area contributed by atoms with Crippen LogP contribution in [0.15, 0.2) is 12.2 Å². The third kappa shape index (κ3) is 17.0. The fourth-order valence-electron chi connectivity index (χ4n) is 4.06. The van der Waals surface area contributed by atoms with Gasteiger partial charge in [0.1, 0.15) is 43.2 Å². The molecule has 0 bridgehead atoms. The lowest BCUT2D eigenvalue weighted by molar-refractivity contribution is -0.213. The molecule has 0 aromatic heterocycles. The Balaban J connectivity index is 3.02.